The number of fused-ring (bicyclic) bond motifs is 1. The van der Waals surface area contributed by atoms with E-state index in [0.29, 0.717) is 23.3 Å². The average Bonchev–Trinajstić information content (AvgIpc) is 3.07. The number of carbonyl (C=O) groups excluding carboxylic acids is 1. The molecule has 5 nitrogen and oxygen atoms in total. The molecular formula is C17H22N2O3. The van der Waals surface area contributed by atoms with Crippen molar-refractivity contribution in [3.63, 3.8) is 0 Å². The van der Waals surface area contributed by atoms with Gasteiger partial charge < -0.3 is 15.0 Å². The van der Waals surface area contributed by atoms with Gasteiger partial charge in [0.2, 0.25) is 5.56 Å². The number of H-pyrrole nitrogens is 1. The predicted octanol–water partition coefficient (Wildman–Crippen LogP) is 1.34. The molecule has 1 aromatic heterocycles. The number of carbonyl (C=O) groups is 1. The second-order valence-electron chi connectivity index (χ2n) is 7.44. The normalized spacial score (nSPS) is 35.6. The molecule has 118 valence electrons. The third kappa shape index (κ3) is 1.88. The second-order valence-corrected chi connectivity index (χ2v) is 7.44. The van der Waals surface area contributed by atoms with Gasteiger partial charge in [0, 0.05) is 23.9 Å². The average molecular weight is 302 g/mol. The summed E-state index contributed by atoms with van der Waals surface area (Å²) in [7, 11) is 0. The minimum Gasteiger partial charge on any atom is -0.391 e. The second kappa shape index (κ2) is 4.69. The number of pyridine rings is 1. The molecule has 0 spiro atoms. The van der Waals surface area contributed by atoms with E-state index in [2.05, 4.69) is 4.98 Å². The molecule has 3 aliphatic rings. The van der Waals surface area contributed by atoms with Crippen molar-refractivity contribution in [3.8, 4) is 0 Å². The highest BCUT2D eigenvalue weighted by Crippen LogP contribution is 2.55. The van der Waals surface area contributed by atoms with Crippen LogP contribution < -0.4 is 5.56 Å². The summed E-state index contributed by atoms with van der Waals surface area (Å²) in [6.07, 6.45) is 1.70. The van der Waals surface area contributed by atoms with Gasteiger partial charge in [0.25, 0.3) is 5.91 Å². The molecule has 2 N–H and O–H groups in total. The summed E-state index contributed by atoms with van der Waals surface area (Å²) >= 11 is 0. The standard InChI is InChI=1S/C17H22N2O3/c1-8(2)13-5-10(6-14(20)18-13)17(22)19-7-11-3-9-4-12(11)15(19)16(9)21/h5-6,8-9,11-12,15-16,21H,3-4,7H2,1-2H3,(H,18,20). The molecule has 0 radical (unpaired) electrons. The maximum absolute atomic E-state index is 12.9. The molecule has 5 heteroatoms. The minimum atomic E-state index is -0.390. The molecule has 3 fully saturated rings. The number of nitrogens with one attached hydrogen (secondary N) is 1. The van der Waals surface area contributed by atoms with Crippen molar-refractivity contribution in [1.82, 2.24) is 9.88 Å². The zero-order chi connectivity index (χ0) is 15.6. The van der Waals surface area contributed by atoms with Gasteiger partial charge in [-0.15, -0.1) is 0 Å². The fraction of sp³-hybridized carbons (Fsp3) is 0.647. The van der Waals surface area contributed by atoms with Gasteiger partial charge in [-0.2, -0.15) is 0 Å². The lowest BCUT2D eigenvalue weighted by molar-refractivity contribution is 0.0401. The summed E-state index contributed by atoms with van der Waals surface area (Å²) in [5, 5.41) is 10.4. The molecule has 5 atom stereocenters. The molecule has 1 aliphatic heterocycles. The van der Waals surface area contributed by atoms with E-state index in [4.69, 9.17) is 0 Å². The van der Waals surface area contributed by atoms with Crippen LogP contribution in [-0.2, 0) is 0 Å². The number of hydrogen-bond donors (Lipinski definition) is 2. The summed E-state index contributed by atoms with van der Waals surface area (Å²) in [6.45, 7) is 4.70. The zero-order valence-electron chi connectivity index (χ0n) is 13.0. The van der Waals surface area contributed by atoms with Gasteiger partial charge in [0.1, 0.15) is 0 Å². The first-order valence-electron chi connectivity index (χ1n) is 8.19. The largest absolute Gasteiger partial charge is 0.391 e. The fourth-order valence-corrected chi connectivity index (χ4v) is 4.81. The van der Waals surface area contributed by atoms with Crippen molar-refractivity contribution in [2.45, 2.75) is 44.8 Å². The Morgan fingerprint density at radius 2 is 2.09 bits per heavy atom. The predicted molar refractivity (Wildman–Crippen MR) is 81.7 cm³/mol. The van der Waals surface area contributed by atoms with E-state index in [1.165, 1.54) is 6.07 Å². The smallest absolute Gasteiger partial charge is 0.254 e. The van der Waals surface area contributed by atoms with Crippen molar-refractivity contribution in [2.75, 3.05) is 6.54 Å². The molecule has 1 aromatic rings. The van der Waals surface area contributed by atoms with Crippen LogP contribution >= 0.6 is 0 Å². The highest BCUT2D eigenvalue weighted by Gasteiger charge is 2.59. The quantitative estimate of drug-likeness (QED) is 0.866. The maximum atomic E-state index is 12.9. The summed E-state index contributed by atoms with van der Waals surface area (Å²) in [4.78, 5) is 29.3. The Kier molecular flexibility index (Phi) is 2.98. The van der Waals surface area contributed by atoms with Crippen LogP contribution in [0.1, 0.15) is 48.7 Å². The topological polar surface area (TPSA) is 73.4 Å². The molecule has 22 heavy (non-hydrogen) atoms. The van der Waals surface area contributed by atoms with Crippen LogP contribution in [0.2, 0.25) is 0 Å². The Bertz CT molecular complexity index is 679. The van der Waals surface area contributed by atoms with Gasteiger partial charge in [-0.1, -0.05) is 13.8 Å². The number of amides is 1. The molecular weight excluding hydrogens is 280 g/mol. The van der Waals surface area contributed by atoms with Crippen LogP contribution in [0.4, 0.5) is 0 Å². The Morgan fingerprint density at radius 1 is 1.32 bits per heavy atom. The van der Waals surface area contributed by atoms with Crippen molar-refractivity contribution in [1.29, 1.82) is 0 Å². The van der Waals surface area contributed by atoms with Gasteiger partial charge in [0.15, 0.2) is 0 Å². The van der Waals surface area contributed by atoms with Crippen molar-refractivity contribution >= 4 is 5.91 Å². The monoisotopic (exact) mass is 302 g/mol. The van der Waals surface area contributed by atoms with Gasteiger partial charge in [0.05, 0.1) is 12.1 Å². The van der Waals surface area contributed by atoms with Crippen LogP contribution in [0.15, 0.2) is 16.9 Å². The van der Waals surface area contributed by atoms with E-state index in [1.807, 2.05) is 18.7 Å². The first-order valence-corrected chi connectivity index (χ1v) is 8.19. The number of likely N-dealkylation sites (tertiary alicyclic amines) is 1. The number of aliphatic hydroxyl groups is 1. The van der Waals surface area contributed by atoms with Crippen molar-refractivity contribution in [3.05, 3.63) is 33.7 Å². The number of aromatic nitrogens is 1. The molecule has 4 rings (SSSR count). The van der Waals surface area contributed by atoms with E-state index in [9.17, 15) is 14.7 Å². The van der Waals surface area contributed by atoms with Crippen molar-refractivity contribution < 1.29 is 9.90 Å². The van der Waals surface area contributed by atoms with Gasteiger partial charge in [-0.3, -0.25) is 9.59 Å². The minimum absolute atomic E-state index is 0.0435. The molecule has 2 bridgehead atoms. The van der Waals surface area contributed by atoms with Crippen LogP contribution in [-0.4, -0.2) is 39.6 Å². The Hall–Kier alpha value is -1.62. The number of aliphatic hydroxyl groups excluding tert-OH is 1. The number of rotatable bonds is 2. The van der Waals surface area contributed by atoms with Crippen LogP contribution in [0, 0.1) is 17.8 Å². The summed E-state index contributed by atoms with van der Waals surface area (Å²) in [6, 6.07) is 3.12. The van der Waals surface area contributed by atoms with Gasteiger partial charge >= 0.3 is 0 Å². The van der Waals surface area contributed by atoms with E-state index in [0.717, 1.165) is 25.1 Å². The zero-order valence-corrected chi connectivity index (χ0v) is 13.0. The lowest BCUT2D eigenvalue weighted by Gasteiger charge is -2.29. The summed E-state index contributed by atoms with van der Waals surface area (Å²) < 4.78 is 0. The molecule has 0 aromatic carbocycles. The van der Waals surface area contributed by atoms with E-state index in [1.54, 1.807) is 6.07 Å². The first-order chi connectivity index (χ1) is 10.5. The molecule has 1 saturated heterocycles. The Morgan fingerprint density at radius 3 is 2.77 bits per heavy atom. The Labute approximate surface area is 129 Å². The van der Waals surface area contributed by atoms with Gasteiger partial charge in [-0.25, -0.2) is 0 Å². The highest BCUT2D eigenvalue weighted by molar-refractivity contribution is 5.94. The van der Waals surface area contributed by atoms with E-state index < -0.39 is 0 Å². The Balaban J connectivity index is 1.67. The molecule has 1 amide bonds. The highest BCUT2D eigenvalue weighted by atomic mass is 16.3. The summed E-state index contributed by atoms with van der Waals surface area (Å²) in [5.74, 6) is 1.41. The van der Waals surface area contributed by atoms with E-state index >= 15 is 0 Å². The molecule has 2 saturated carbocycles. The van der Waals surface area contributed by atoms with Crippen LogP contribution in [0.25, 0.3) is 0 Å². The lowest BCUT2D eigenvalue weighted by Crippen LogP contribution is -2.44. The number of aromatic amines is 1. The molecule has 5 unspecified atom stereocenters. The maximum Gasteiger partial charge on any atom is 0.254 e. The molecule has 2 aliphatic carbocycles. The number of hydrogen-bond acceptors (Lipinski definition) is 3. The van der Waals surface area contributed by atoms with Crippen LogP contribution in [0.5, 0.6) is 0 Å². The number of nitrogens with zero attached hydrogens (tertiary/aromatic N) is 1. The van der Waals surface area contributed by atoms with Crippen molar-refractivity contribution in [2.24, 2.45) is 17.8 Å². The molecule has 2 heterocycles. The van der Waals surface area contributed by atoms with Gasteiger partial charge in [-0.05, 0) is 42.6 Å². The third-order valence-electron chi connectivity index (χ3n) is 5.84. The SMILES string of the molecule is CC(C)c1cc(C(=O)N2CC3CC4CC3C2C4O)cc(=O)[nH]1. The van der Waals surface area contributed by atoms with Crippen LogP contribution in [0.3, 0.4) is 0 Å². The third-order valence-corrected chi connectivity index (χ3v) is 5.84. The fourth-order valence-electron chi connectivity index (χ4n) is 4.81. The first kappa shape index (κ1) is 14.0. The lowest BCUT2D eigenvalue weighted by atomic mass is 9.88. The summed E-state index contributed by atoms with van der Waals surface area (Å²) in [5.41, 5.74) is 0.994. The van der Waals surface area contributed by atoms with E-state index in [-0.39, 0.29) is 29.5 Å².